The fraction of sp³-hybridized carbons (Fsp3) is 0.562. The number of benzene rings is 1. The SMILES string of the molecule is CC[C@@H]1CC[C@@H](C)N(C(=O)OCc2ccccc2)C1. The van der Waals surface area contributed by atoms with Gasteiger partial charge in [0.25, 0.3) is 0 Å². The summed E-state index contributed by atoms with van der Waals surface area (Å²) in [5.41, 5.74) is 1.03. The van der Waals surface area contributed by atoms with E-state index in [1.807, 2.05) is 35.2 Å². The third-order valence-electron chi connectivity index (χ3n) is 4.00. The van der Waals surface area contributed by atoms with Crippen LogP contribution in [0.2, 0.25) is 0 Å². The summed E-state index contributed by atoms with van der Waals surface area (Å²) in [5.74, 6) is 0.625. The van der Waals surface area contributed by atoms with Crippen molar-refractivity contribution in [2.45, 2.75) is 45.8 Å². The molecule has 104 valence electrons. The molecule has 1 aliphatic rings. The van der Waals surface area contributed by atoms with Crippen LogP contribution in [0.4, 0.5) is 4.79 Å². The predicted octanol–water partition coefficient (Wildman–Crippen LogP) is 3.83. The second-order valence-corrected chi connectivity index (χ2v) is 5.39. The van der Waals surface area contributed by atoms with Gasteiger partial charge in [0.2, 0.25) is 0 Å². The molecule has 2 atom stereocenters. The zero-order chi connectivity index (χ0) is 13.7. The lowest BCUT2D eigenvalue weighted by atomic mass is 9.92. The molecular weight excluding hydrogens is 238 g/mol. The summed E-state index contributed by atoms with van der Waals surface area (Å²) < 4.78 is 5.42. The van der Waals surface area contributed by atoms with Gasteiger partial charge in [0, 0.05) is 12.6 Å². The molecule has 0 aliphatic carbocycles. The smallest absolute Gasteiger partial charge is 0.410 e. The van der Waals surface area contributed by atoms with Gasteiger partial charge in [-0.05, 0) is 31.2 Å². The van der Waals surface area contributed by atoms with Gasteiger partial charge in [-0.3, -0.25) is 0 Å². The Kier molecular flexibility index (Phi) is 4.83. The molecule has 1 aromatic rings. The lowest BCUT2D eigenvalue weighted by Crippen LogP contribution is -2.45. The summed E-state index contributed by atoms with van der Waals surface area (Å²) in [6, 6.07) is 10.1. The Balaban J connectivity index is 1.88. The van der Waals surface area contributed by atoms with E-state index in [0.29, 0.717) is 18.6 Å². The van der Waals surface area contributed by atoms with Crippen molar-refractivity contribution in [3.8, 4) is 0 Å². The van der Waals surface area contributed by atoms with Gasteiger partial charge >= 0.3 is 6.09 Å². The highest BCUT2D eigenvalue weighted by molar-refractivity contribution is 5.68. The van der Waals surface area contributed by atoms with Crippen molar-refractivity contribution in [3.63, 3.8) is 0 Å². The highest BCUT2D eigenvalue weighted by Gasteiger charge is 2.29. The summed E-state index contributed by atoms with van der Waals surface area (Å²) in [7, 11) is 0. The van der Waals surface area contributed by atoms with Crippen LogP contribution in [-0.4, -0.2) is 23.6 Å². The Morgan fingerprint density at radius 1 is 1.32 bits per heavy atom. The molecule has 2 rings (SSSR count). The van der Waals surface area contributed by atoms with Crippen LogP contribution in [0.3, 0.4) is 0 Å². The zero-order valence-electron chi connectivity index (χ0n) is 11.8. The van der Waals surface area contributed by atoms with Crippen molar-refractivity contribution in [1.82, 2.24) is 4.90 Å². The monoisotopic (exact) mass is 261 g/mol. The van der Waals surface area contributed by atoms with Crippen LogP contribution < -0.4 is 0 Å². The second kappa shape index (κ2) is 6.60. The van der Waals surface area contributed by atoms with Gasteiger partial charge in [-0.2, -0.15) is 0 Å². The summed E-state index contributed by atoms with van der Waals surface area (Å²) in [6.07, 6.45) is 3.27. The lowest BCUT2D eigenvalue weighted by molar-refractivity contribution is 0.0583. The molecule has 0 spiro atoms. The van der Waals surface area contributed by atoms with Crippen LogP contribution in [0.5, 0.6) is 0 Å². The van der Waals surface area contributed by atoms with E-state index in [0.717, 1.165) is 24.9 Å². The summed E-state index contributed by atoms with van der Waals surface area (Å²) in [4.78, 5) is 14.0. The highest BCUT2D eigenvalue weighted by Crippen LogP contribution is 2.24. The van der Waals surface area contributed by atoms with E-state index >= 15 is 0 Å². The number of piperidine rings is 1. The van der Waals surface area contributed by atoms with Gasteiger partial charge < -0.3 is 9.64 Å². The van der Waals surface area contributed by atoms with Crippen LogP contribution in [0.15, 0.2) is 30.3 Å². The third-order valence-corrected chi connectivity index (χ3v) is 4.00. The molecule has 1 fully saturated rings. The maximum atomic E-state index is 12.1. The second-order valence-electron chi connectivity index (χ2n) is 5.39. The fourth-order valence-corrected chi connectivity index (χ4v) is 2.57. The van der Waals surface area contributed by atoms with E-state index in [-0.39, 0.29) is 6.09 Å². The topological polar surface area (TPSA) is 29.5 Å². The number of hydrogen-bond acceptors (Lipinski definition) is 2. The lowest BCUT2D eigenvalue weighted by Gasteiger charge is -2.36. The first-order chi connectivity index (χ1) is 9.20. The summed E-state index contributed by atoms with van der Waals surface area (Å²) in [6.45, 7) is 5.49. The number of nitrogens with zero attached hydrogens (tertiary/aromatic N) is 1. The van der Waals surface area contributed by atoms with Crippen molar-refractivity contribution >= 4 is 6.09 Å². The Bertz CT molecular complexity index is 404. The van der Waals surface area contributed by atoms with Crippen molar-refractivity contribution in [1.29, 1.82) is 0 Å². The molecule has 1 aliphatic heterocycles. The largest absolute Gasteiger partial charge is 0.445 e. The van der Waals surface area contributed by atoms with Crippen molar-refractivity contribution in [2.24, 2.45) is 5.92 Å². The Morgan fingerprint density at radius 3 is 2.74 bits per heavy atom. The van der Waals surface area contributed by atoms with E-state index in [9.17, 15) is 4.79 Å². The molecule has 0 unspecified atom stereocenters. The highest BCUT2D eigenvalue weighted by atomic mass is 16.6. The van der Waals surface area contributed by atoms with Crippen LogP contribution in [0, 0.1) is 5.92 Å². The van der Waals surface area contributed by atoms with Crippen LogP contribution in [0.1, 0.15) is 38.7 Å². The number of amides is 1. The summed E-state index contributed by atoms with van der Waals surface area (Å²) >= 11 is 0. The Labute approximate surface area is 115 Å². The molecule has 3 heteroatoms. The first-order valence-corrected chi connectivity index (χ1v) is 7.18. The Hall–Kier alpha value is -1.51. The van der Waals surface area contributed by atoms with Gasteiger partial charge in [0.05, 0.1) is 0 Å². The first kappa shape index (κ1) is 13.9. The van der Waals surface area contributed by atoms with Crippen LogP contribution >= 0.6 is 0 Å². The van der Waals surface area contributed by atoms with E-state index in [2.05, 4.69) is 13.8 Å². The van der Waals surface area contributed by atoms with Gasteiger partial charge in [0.15, 0.2) is 0 Å². The van der Waals surface area contributed by atoms with E-state index in [1.165, 1.54) is 6.42 Å². The van der Waals surface area contributed by atoms with E-state index in [4.69, 9.17) is 4.74 Å². The molecule has 0 aromatic heterocycles. The molecule has 1 saturated heterocycles. The van der Waals surface area contributed by atoms with Gasteiger partial charge in [0.1, 0.15) is 6.61 Å². The van der Waals surface area contributed by atoms with Crippen molar-refractivity contribution in [3.05, 3.63) is 35.9 Å². The minimum absolute atomic E-state index is 0.172. The summed E-state index contributed by atoms with van der Waals surface area (Å²) in [5, 5.41) is 0. The van der Waals surface area contributed by atoms with E-state index in [1.54, 1.807) is 0 Å². The number of rotatable bonds is 3. The molecule has 0 saturated carbocycles. The maximum Gasteiger partial charge on any atom is 0.410 e. The number of carbonyl (C=O) groups excluding carboxylic acids is 1. The number of likely N-dealkylation sites (tertiary alicyclic amines) is 1. The minimum Gasteiger partial charge on any atom is -0.445 e. The van der Waals surface area contributed by atoms with Crippen LogP contribution in [0.25, 0.3) is 0 Å². The van der Waals surface area contributed by atoms with Crippen molar-refractivity contribution < 1.29 is 9.53 Å². The van der Waals surface area contributed by atoms with Gasteiger partial charge in [-0.15, -0.1) is 0 Å². The van der Waals surface area contributed by atoms with E-state index < -0.39 is 0 Å². The molecule has 1 aromatic carbocycles. The number of hydrogen-bond donors (Lipinski definition) is 0. The average Bonchev–Trinajstić information content (AvgIpc) is 2.46. The Morgan fingerprint density at radius 2 is 2.05 bits per heavy atom. The average molecular weight is 261 g/mol. The molecule has 3 nitrogen and oxygen atoms in total. The molecular formula is C16H23NO2. The third kappa shape index (κ3) is 3.72. The molecule has 1 heterocycles. The zero-order valence-corrected chi connectivity index (χ0v) is 11.8. The van der Waals surface area contributed by atoms with Crippen molar-refractivity contribution in [2.75, 3.05) is 6.54 Å². The molecule has 0 radical (unpaired) electrons. The number of ether oxygens (including phenoxy) is 1. The predicted molar refractivity (Wildman–Crippen MR) is 75.8 cm³/mol. The van der Waals surface area contributed by atoms with Crippen LogP contribution in [-0.2, 0) is 11.3 Å². The standard InChI is InChI=1S/C16H23NO2/c1-3-14-10-9-13(2)17(11-14)16(18)19-12-15-7-5-4-6-8-15/h4-8,13-14H,3,9-12H2,1-2H3/t13-,14-/m1/s1. The molecule has 0 N–H and O–H groups in total. The van der Waals surface area contributed by atoms with Gasteiger partial charge in [-0.25, -0.2) is 4.79 Å². The first-order valence-electron chi connectivity index (χ1n) is 7.18. The quantitative estimate of drug-likeness (QED) is 0.827. The fourth-order valence-electron chi connectivity index (χ4n) is 2.57. The normalized spacial score (nSPS) is 23.2. The molecule has 0 bridgehead atoms. The molecule has 1 amide bonds. The minimum atomic E-state index is -0.172. The number of carbonyl (C=O) groups is 1. The maximum absolute atomic E-state index is 12.1. The molecule has 19 heavy (non-hydrogen) atoms. The van der Waals surface area contributed by atoms with Gasteiger partial charge in [-0.1, -0.05) is 43.7 Å².